The number of halogens is 1. The molecule has 8 nitrogen and oxygen atoms in total. The van der Waals surface area contributed by atoms with Gasteiger partial charge < -0.3 is 14.8 Å². The molecule has 3 aromatic rings. The maximum absolute atomic E-state index is 13.7. The molecule has 1 aliphatic heterocycles. The number of nitrogens with one attached hydrogen (secondary N) is 1. The molecule has 0 radical (unpaired) electrons. The summed E-state index contributed by atoms with van der Waals surface area (Å²) in [4.78, 5) is 28.2. The van der Waals surface area contributed by atoms with E-state index in [1.807, 2.05) is 0 Å². The van der Waals surface area contributed by atoms with E-state index in [1.165, 1.54) is 42.3 Å². The third-order valence-electron chi connectivity index (χ3n) is 4.29. The Labute approximate surface area is 146 Å². The number of anilines is 1. The molecule has 1 aliphatic rings. The predicted molar refractivity (Wildman–Crippen MR) is 87.6 cm³/mol. The van der Waals surface area contributed by atoms with Crippen LogP contribution in [0, 0.1) is 12.7 Å². The minimum absolute atomic E-state index is 0.233. The standard InChI is InChI=1S/C17H13FN4O4/c1-8-12(26-17(24)25-2)6-22-15(8)14(19-7-20-22)13-10-5-9(18)3-4-11(10)21-16(13)23/h3-7,13H,1-2H3,(H,21,23). The summed E-state index contributed by atoms with van der Waals surface area (Å²) >= 11 is 0. The lowest BCUT2D eigenvalue weighted by molar-refractivity contribution is -0.116. The van der Waals surface area contributed by atoms with E-state index in [4.69, 9.17) is 4.74 Å². The number of hydrogen-bond acceptors (Lipinski definition) is 6. The molecule has 0 bridgehead atoms. The van der Waals surface area contributed by atoms with Crippen LogP contribution in [0.2, 0.25) is 0 Å². The molecule has 1 unspecified atom stereocenters. The van der Waals surface area contributed by atoms with Crippen LogP contribution in [0.15, 0.2) is 30.7 Å². The van der Waals surface area contributed by atoms with Crippen LogP contribution in [0.5, 0.6) is 5.75 Å². The Balaban J connectivity index is 1.89. The lowest BCUT2D eigenvalue weighted by Crippen LogP contribution is -2.16. The summed E-state index contributed by atoms with van der Waals surface area (Å²) in [7, 11) is 1.20. The van der Waals surface area contributed by atoms with Crippen LogP contribution in [0.1, 0.15) is 22.7 Å². The quantitative estimate of drug-likeness (QED) is 0.709. The number of nitrogens with zero attached hydrogens (tertiary/aromatic N) is 3. The van der Waals surface area contributed by atoms with Crippen LogP contribution in [-0.2, 0) is 9.53 Å². The van der Waals surface area contributed by atoms with Crippen molar-refractivity contribution in [2.75, 3.05) is 12.4 Å². The van der Waals surface area contributed by atoms with Crippen molar-refractivity contribution in [3.05, 3.63) is 53.4 Å². The number of carbonyl (C=O) groups excluding carboxylic acids is 2. The Kier molecular flexibility index (Phi) is 3.57. The highest BCUT2D eigenvalue weighted by atomic mass is 19.1. The average Bonchev–Trinajstić information content (AvgIpc) is 3.11. The van der Waals surface area contributed by atoms with Crippen molar-refractivity contribution in [2.45, 2.75) is 12.8 Å². The van der Waals surface area contributed by atoms with E-state index < -0.39 is 17.9 Å². The van der Waals surface area contributed by atoms with Gasteiger partial charge in [0.2, 0.25) is 5.91 Å². The molecular weight excluding hydrogens is 343 g/mol. The molecule has 1 N–H and O–H groups in total. The molecule has 0 fully saturated rings. The number of rotatable bonds is 2. The Hall–Kier alpha value is -3.49. The van der Waals surface area contributed by atoms with Gasteiger partial charge in [-0.1, -0.05) is 0 Å². The Bertz CT molecular complexity index is 1060. The van der Waals surface area contributed by atoms with Gasteiger partial charge in [-0.3, -0.25) is 4.79 Å². The fourth-order valence-corrected chi connectivity index (χ4v) is 3.12. The van der Waals surface area contributed by atoms with E-state index in [2.05, 4.69) is 20.1 Å². The summed E-state index contributed by atoms with van der Waals surface area (Å²) < 4.78 is 24.8. The molecule has 26 heavy (non-hydrogen) atoms. The SMILES string of the molecule is COC(=O)Oc1cn2ncnc(C3C(=O)Nc4ccc(F)cc43)c2c1C. The van der Waals surface area contributed by atoms with Gasteiger partial charge >= 0.3 is 6.16 Å². The molecular formula is C17H13FN4O4. The van der Waals surface area contributed by atoms with Crippen molar-refractivity contribution >= 4 is 23.3 Å². The van der Waals surface area contributed by atoms with Crippen LogP contribution in [-0.4, -0.2) is 33.8 Å². The molecule has 0 saturated heterocycles. The van der Waals surface area contributed by atoms with E-state index in [0.29, 0.717) is 28.0 Å². The second-order valence-electron chi connectivity index (χ2n) is 5.77. The largest absolute Gasteiger partial charge is 0.513 e. The Morgan fingerprint density at radius 3 is 2.96 bits per heavy atom. The van der Waals surface area contributed by atoms with E-state index in [9.17, 15) is 14.0 Å². The van der Waals surface area contributed by atoms with Gasteiger partial charge in [0.15, 0.2) is 5.75 Å². The summed E-state index contributed by atoms with van der Waals surface area (Å²) in [5, 5.41) is 6.82. The zero-order chi connectivity index (χ0) is 18.4. The van der Waals surface area contributed by atoms with Gasteiger partial charge in [0, 0.05) is 11.3 Å². The number of aryl methyl sites for hydroxylation is 1. The van der Waals surface area contributed by atoms with Gasteiger partial charge in [-0.05, 0) is 30.7 Å². The third kappa shape index (κ3) is 2.36. The van der Waals surface area contributed by atoms with Crippen LogP contribution in [0.3, 0.4) is 0 Å². The summed E-state index contributed by atoms with van der Waals surface area (Å²) in [6.45, 7) is 1.71. The number of methoxy groups -OCH3 is 1. The first-order valence-corrected chi connectivity index (χ1v) is 7.68. The van der Waals surface area contributed by atoms with Crippen molar-refractivity contribution in [3.8, 4) is 5.75 Å². The van der Waals surface area contributed by atoms with Crippen LogP contribution in [0.4, 0.5) is 14.9 Å². The number of carbonyl (C=O) groups is 2. The molecule has 3 heterocycles. The lowest BCUT2D eigenvalue weighted by atomic mass is 9.95. The average molecular weight is 356 g/mol. The second-order valence-corrected chi connectivity index (χ2v) is 5.77. The first-order chi connectivity index (χ1) is 12.5. The molecule has 132 valence electrons. The predicted octanol–water partition coefficient (Wildman–Crippen LogP) is 2.41. The maximum atomic E-state index is 13.7. The number of fused-ring (bicyclic) bond motifs is 2. The number of ether oxygens (including phenoxy) is 2. The van der Waals surface area contributed by atoms with Gasteiger partial charge in [-0.2, -0.15) is 5.10 Å². The summed E-state index contributed by atoms with van der Waals surface area (Å²) in [6.07, 6.45) is 1.91. The minimum atomic E-state index is -0.871. The monoisotopic (exact) mass is 356 g/mol. The van der Waals surface area contributed by atoms with E-state index in [1.54, 1.807) is 6.92 Å². The normalized spacial score (nSPS) is 15.7. The topological polar surface area (TPSA) is 94.8 Å². The van der Waals surface area contributed by atoms with Crippen molar-refractivity contribution in [2.24, 2.45) is 0 Å². The Morgan fingerprint density at radius 2 is 2.19 bits per heavy atom. The summed E-state index contributed by atoms with van der Waals surface area (Å²) in [5.41, 5.74) is 2.48. The van der Waals surface area contributed by atoms with Crippen molar-refractivity contribution in [3.63, 3.8) is 0 Å². The van der Waals surface area contributed by atoms with Gasteiger partial charge in [-0.15, -0.1) is 0 Å². The minimum Gasteiger partial charge on any atom is -0.437 e. The zero-order valence-corrected chi connectivity index (χ0v) is 13.8. The van der Waals surface area contributed by atoms with Crippen LogP contribution >= 0.6 is 0 Å². The molecule has 4 rings (SSSR count). The lowest BCUT2D eigenvalue weighted by Gasteiger charge is -2.10. The smallest absolute Gasteiger partial charge is 0.437 e. The molecule has 1 atom stereocenters. The second kappa shape index (κ2) is 5.80. The maximum Gasteiger partial charge on any atom is 0.513 e. The highest BCUT2D eigenvalue weighted by Gasteiger charge is 2.35. The molecule has 1 aromatic carbocycles. The third-order valence-corrected chi connectivity index (χ3v) is 4.29. The number of amides is 1. The first-order valence-electron chi connectivity index (χ1n) is 7.68. The number of benzene rings is 1. The van der Waals surface area contributed by atoms with Crippen molar-refractivity contribution in [1.29, 1.82) is 0 Å². The summed E-state index contributed by atoms with van der Waals surface area (Å²) in [6, 6.07) is 4.10. The van der Waals surface area contributed by atoms with Crippen molar-refractivity contribution in [1.82, 2.24) is 14.6 Å². The fraction of sp³-hybridized carbons (Fsp3) is 0.176. The Morgan fingerprint density at radius 1 is 1.38 bits per heavy atom. The van der Waals surface area contributed by atoms with Gasteiger partial charge in [0.25, 0.3) is 0 Å². The highest BCUT2D eigenvalue weighted by Crippen LogP contribution is 2.39. The summed E-state index contributed by atoms with van der Waals surface area (Å²) in [5.74, 6) is -1.33. The van der Waals surface area contributed by atoms with Gasteiger partial charge in [-0.25, -0.2) is 18.7 Å². The molecule has 2 aromatic heterocycles. The zero-order valence-electron chi connectivity index (χ0n) is 13.8. The van der Waals surface area contributed by atoms with E-state index in [-0.39, 0.29) is 11.7 Å². The van der Waals surface area contributed by atoms with Gasteiger partial charge in [0.1, 0.15) is 18.1 Å². The van der Waals surface area contributed by atoms with E-state index >= 15 is 0 Å². The van der Waals surface area contributed by atoms with Crippen LogP contribution in [0.25, 0.3) is 5.52 Å². The van der Waals surface area contributed by atoms with Crippen LogP contribution < -0.4 is 10.1 Å². The molecule has 0 saturated carbocycles. The molecule has 0 spiro atoms. The molecule has 1 amide bonds. The van der Waals surface area contributed by atoms with Crippen molar-refractivity contribution < 1.29 is 23.5 Å². The number of hydrogen-bond donors (Lipinski definition) is 1. The molecule has 0 aliphatic carbocycles. The molecule has 9 heteroatoms. The highest BCUT2D eigenvalue weighted by molar-refractivity contribution is 6.05. The fourth-order valence-electron chi connectivity index (χ4n) is 3.12. The number of aromatic nitrogens is 3. The van der Waals surface area contributed by atoms with E-state index in [0.717, 1.165) is 0 Å². The van der Waals surface area contributed by atoms with Gasteiger partial charge in [0.05, 0.1) is 24.5 Å². The first kappa shape index (κ1) is 16.0.